The van der Waals surface area contributed by atoms with Crippen LogP contribution < -0.4 is 10.1 Å². The second kappa shape index (κ2) is 13.4. The van der Waals surface area contributed by atoms with Crippen LogP contribution in [0.5, 0.6) is 5.75 Å². The Balaban J connectivity index is 1.86. The van der Waals surface area contributed by atoms with E-state index in [9.17, 15) is 24.0 Å². The van der Waals surface area contributed by atoms with Gasteiger partial charge in [0.1, 0.15) is 30.3 Å². The van der Waals surface area contributed by atoms with Crippen LogP contribution in [0.3, 0.4) is 0 Å². The number of amides is 1. The van der Waals surface area contributed by atoms with Crippen molar-refractivity contribution in [3.8, 4) is 5.75 Å². The number of esters is 3. The maximum Gasteiger partial charge on any atom is 0.303 e. The van der Waals surface area contributed by atoms with Crippen molar-refractivity contribution < 1.29 is 52.1 Å². The molecule has 0 aliphatic carbocycles. The minimum absolute atomic E-state index is 0.251. The molecule has 5 atom stereocenters. The van der Waals surface area contributed by atoms with Crippen molar-refractivity contribution in [3.63, 3.8) is 0 Å². The first kappa shape index (κ1) is 29.1. The highest BCUT2D eigenvalue weighted by Gasteiger charge is 2.51. The van der Waals surface area contributed by atoms with Gasteiger partial charge in [-0.3, -0.25) is 24.0 Å². The third-order valence-corrected chi connectivity index (χ3v) is 5.40. The van der Waals surface area contributed by atoms with Crippen LogP contribution in [0, 0.1) is 0 Å². The van der Waals surface area contributed by atoms with Crippen LogP contribution in [-0.2, 0) is 38.1 Å². The van der Waals surface area contributed by atoms with E-state index in [4.69, 9.17) is 28.1 Å². The zero-order chi connectivity index (χ0) is 28.5. The summed E-state index contributed by atoms with van der Waals surface area (Å²) in [5.74, 6) is -2.05. The molecule has 1 aromatic carbocycles. The summed E-state index contributed by atoms with van der Waals surface area (Å²) >= 11 is 0. The van der Waals surface area contributed by atoms with Gasteiger partial charge in [0.25, 0.3) is 0 Å². The van der Waals surface area contributed by atoms with Gasteiger partial charge in [-0.25, -0.2) is 0 Å². The van der Waals surface area contributed by atoms with E-state index in [-0.39, 0.29) is 18.1 Å². The number of allylic oxidation sites excluding steroid dienone is 1. The Morgan fingerprint density at radius 3 is 2.13 bits per heavy atom. The minimum Gasteiger partial charge on any atom is -0.465 e. The quantitative estimate of drug-likeness (QED) is 0.203. The van der Waals surface area contributed by atoms with Gasteiger partial charge in [-0.1, -0.05) is 0 Å². The maximum atomic E-state index is 12.5. The van der Waals surface area contributed by atoms with Gasteiger partial charge in [-0.2, -0.15) is 0 Å². The van der Waals surface area contributed by atoms with E-state index in [0.29, 0.717) is 11.3 Å². The Morgan fingerprint density at radius 2 is 1.56 bits per heavy atom. The molecule has 1 aliphatic rings. The van der Waals surface area contributed by atoms with E-state index >= 15 is 0 Å². The first-order chi connectivity index (χ1) is 18.5. The fraction of sp³-hybridized carbons (Fsp3) is 0.370. The second-order valence-electron chi connectivity index (χ2n) is 8.58. The summed E-state index contributed by atoms with van der Waals surface area (Å²) in [7, 11) is 0. The van der Waals surface area contributed by atoms with Gasteiger partial charge in [-0.05, 0) is 48.6 Å². The highest BCUT2D eigenvalue weighted by atomic mass is 16.7. The number of hydrogen-bond donors (Lipinski definition) is 1. The molecule has 3 rings (SSSR count). The normalized spacial score (nSPS) is 22.5. The predicted octanol–water partition coefficient (Wildman–Crippen LogP) is 2.21. The van der Waals surface area contributed by atoms with E-state index in [1.54, 1.807) is 18.2 Å². The van der Waals surface area contributed by atoms with Gasteiger partial charge in [-0.15, -0.1) is 0 Å². The number of hydrogen-bond acceptors (Lipinski definition) is 11. The molecule has 1 saturated heterocycles. The first-order valence-corrected chi connectivity index (χ1v) is 12.0. The van der Waals surface area contributed by atoms with Crippen molar-refractivity contribution in [2.45, 2.75) is 58.3 Å². The van der Waals surface area contributed by atoms with Gasteiger partial charge in [0.05, 0.1) is 6.26 Å². The van der Waals surface area contributed by atoms with Gasteiger partial charge in [0.2, 0.25) is 12.2 Å². The van der Waals surface area contributed by atoms with Crippen molar-refractivity contribution in [1.29, 1.82) is 0 Å². The summed E-state index contributed by atoms with van der Waals surface area (Å²) in [4.78, 5) is 59.8. The van der Waals surface area contributed by atoms with Crippen LogP contribution in [0.15, 0.2) is 53.2 Å². The molecule has 208 valence electrons. The molecule has 1 amide bonds. The van der Waals surface area contributed by atoms with Gasteiger partial charge in [0.15, 0.2) is 18.0 Å². The molecule has 0 radical (unpaired) electrons. The largest absolute Gasteiger partial charge is 0.465 e. The molecule has 0 spiro atoms. The summed E-state index contributed by atoms with van der Waals surface area (Å²) in [5.41, 5.74) is 0.369. The number of benzene rings is 1. The molecule has 1 aliphatic heterocycles. The van der Waals surface area contributed by atoms with Crippen molar-refractivity contribution in [2.24, 2.45) is 0 Å². The topological polar surface area (TPSA) is 157 Å². The third-order valence-electron chi connectivity index (χ3n) is 5.40. The van der Waals surface area contributed by atoms with E-state index in [2.05, 4.69) is 5.32 Å². The van der Waals surface area contributed by atoms with E-state index in [1.807, 2.05) is 0 Å². The Hall–Kier alpha value is -4.45. The van der Waals surface area contributed by atoms with E-state index in [0.717, 1.165) is 13.8 Å². The average molecular weight is 544 g/mol. The first-order valence-electron chi connectivity index (χ1n) is 12.0. The highest BCUT2D eigenvalue weighted by molar-refractivity contribution is 6.06. The van der Waals surface area contributed by atoms with Crippen LogP contribution in [0.1, 0.15) is 43.8 Å². The Morgan fingerprint density at radius 1 is 0.897 bits per heavy atom. The predicted molar refractivity (Wildman–Crippen MR) is 133 cm³/mol. The molecule has 0 unspecified atom stereocenters. The molecular weight excluding hydrogens is 514 g/mol. The Kier molecular flexibility index (Phi) is 9.98. The number of ether oxygens (including phenoxy) is 5. The molecule has 1 aromatic heterocycles. The summed E-state index contributed by atoms with van der Waals surface area (Å²) in [6, 6.07) is 8.38. The van der Waals surface area contributed by atoms with Crippen LogP contribution in [0.2, 0.25) is 0 Å². The zero-order valence-electron chi connectivity index (χ0n) is 21.8. The highest BCUT2D eigenvalue weighted by Crippen LogP contribution is 2.29. The molecule has 2 heterocycles. The summed E-state index contributed by atoms with van der Waals surface area (Å²) in [5, 5.41) is 2.62. The molecular formula is C27H29NO11. The van der Waals surface area contributed by atoms with Crippen molar-refractivity contribution in [2.75, 3.05) is 6.61 Å². The molecule has 39 heavy (non-hydrogen) atoms. The smallest absolute Gasteiger partial charge is 0.303 e. The Labute approximate surface area is 224 Å². The third kappa shape index (κ3) is 8.54. The molecule has 2 aromatic rings. The van der Waals surface area contributed by atoms with Crippen LogP contribution in [-0.4, -0.2) is 66.8 Å². The van der Waals surface area contributed by atoms with Gasteiger partial charge >= 0.3 is 17.9 Å². The standard InChI is InChI=1S/C27H29NO11/c1-15(29)28-24-26(37-18(4)32)25(36-17(3)31)23(14-35-16(2)30)39-27(24)38-21-9-7-19(8-10-21)22(33)12-11-20-6-5-13-34-20/h5-13,23-27H,14H2,1-4H3,(H,28,29)/b12-11+/t23-,24+,25+,26+,27-/m0/s1. The van der Waals surface area contributed by atoms with Crippen molar-refractivity contribution in [1.82, 2.24) is 5.32 Å². The molecule has 12 nitrogen and oxygen atoms in total. The zero-order valence-corrected chi connectivity index (χ0v) is 21.8. The number of carbonyl (C=O) groups excluding carboxylic acids is 5. The lowest BCUT2D eigenvalue weighted by Crippen LogP contribution is -2.67. The summed E-state index contributed by atoms with van der Waals surface area (Å²) in [6.07, 6.45) is -0.459. The lowest BCUT2D eigenvalue weighted by atomic mass is 9.96. The maximum absolute atomic E-state index is 12.5. The number of nitrogens with one attached hydrogen (secondary N) is 1. The number of rotatable bonds is 10. The average Bonchev–Trinajstić information content (AvgIpc) is 3.38. The SMILES string of the molecule is CC(=O)N[C@H]1[C@@H](Oc2ccc(C(=O)/C=C/c3ccco3)cc2)O[C@@H](COC(C)=O)[C@@H](OC(C)=O)[C@@H]1OC(C)=O. The Bertz CT molecular complexity index is 1200. The molecule has 12 heteroatoms. The van der Waals surface area contributed by atoms with Crippen LogP contribution >= 0.6 is 0 Å². The van der Waals surface area contributed by atoms with Gasteiger partial charge < -0.3 is 33.4 Å². The number of carbonyl (C=O) groups is 5. The molecule has 0 saturated carbocycles. The van der Waals surface area contributed by atoms with E-state index < -0.39 is 54.5 Å². The van der Waals surface area contributed by atoms with E-state index in [1.165, 1.54) is 50.5 Å². The molecule has 1 N–H and O–H groups in total. The molecule has 0 bridgehead atoms. The van der Waals surface area contributed by atoms with Gasteiger partial charge in [0, 0.05) is 33.3 Å². The fourth-order valence-corrected chi connectivity index (χ4v) is 3.86. The fourth-order valence-electron chi connectivity index (χ4n) is 3.86. The summed E-state index contributed by atoms with van der Waals surface area (Å²) in [6.45, 7) is 4.37. The summed E-state index contributed by atoms with van der Waals surface area (Å²) < 4.78 is 33.0. The molecule has 1 fully saturated rings. The second-order valence-corrected chi connectivity index (χ2v) is 8.58. The van der Waals surface area contributed by atoms with Crippen molar-refractivity contribution >= 4 is 35.7 Å². The monoisotopic (exact) mass is 543 g/mol. The minimum atomic E-state index is -1.27. The van der Waals surface area contributed by atoms with Crippen molar-refractivity contribution in [3.05, 3.63) is 60.1 Å². The lowest BCUT2D eigenvalue weighted by molar-refractivity contribution is -0.257. The number of furan rings is 1. The lowest BCUT2D eigenvalue weighted by Gasteiger charge is -2.44. The van der Waals surface area contributed by atoms with Crippen LogP contribution in [0.4, 0.5) is 0 Å². The number of ketones is 1. The van der Waals surface area contributed by atoms with Crippen LogP contribution in [0.25, 0.3) is 6.08 Å².